The van der Waals surface area contributed by atoms with Gasteiger partial charge < -0.3 is 0 Å². The molecule has 0 aromatic heterocycles. The van der Waals surface area contributed by atoms with Gasteiger partial charge in [-0.3, -0.25) is 9.59 Å². The number of nitrogens with zero attached hydrogens (tertiary/aromatic N) is 1. The molecule has 2 aliphatic carbocycles. The highest BCUT2D eigenvalue weighted by Gasteiger charge is 2.62. The van der Waals surface area contributed by atoms with Crippen LogP contribution in [0, 0.1) is 23.7 Å². The Morgan fingerprint density at radius 3 is 1.69 bits per heavy atom. The van der Waals surface area contributed by atoms with E-state index in [-0.39, 0.29) is 17.5 Å². The van der Waals surface area contributed by atoms with Gasteiger partial charge >= 0.3 is 6.18 Å². The molecule has 1 saturated carbocycles. The van der Waals surface area contributed by atoms with Crippen molar-refractivity contribution in [3.8, 4) is 0 Å². The molecular formula is C29H20F3NO2. The highest BCUT2D eigenvalue weighted by molar-refractivity contribution is 6.23. The number of fused-ring (bicyclic) bond motifs is 5. The summed E-state index contributed by atoms with van der Waals surface area (Å²) >= 11 is 0. The number of benzene rings is 3. The van der Waals surface area contributed by atoms with Gasteiger partial charge in [0.05, 0.1) is 23.1 Å². The van der Waals surface area contributed by atoms with Crippen LogP contribution in [0.4, 0.5) is 18.9 Å². The highest BCUT2D eigenvalue weighted by atomic mass is 19.4. The maximum Gasteiger partial charge on any atom is 0.416 e. The Bertz CT molecular complexity index is 1320. The molecule has 3 nitrogen and oxygen atoms in total. The first-order valence-electron chi connectivity index (χ1n) is 11.4. The van der Waals surface area contributed by atoms with Crippen molar-refractivity contribution in [2.45, 2.75) is 6.18 Å². The van der Waals surface area contributed by atoms with Crippen LogP contribution in [-0.2, 0) is 15.8 Å². The Balaban J connectivity index is 1.45. The zero-order valence-electron chi connectivity index (χ0n) is 18.4. The lowest BCUT2D eigenvalue weighted by Crippen LogP contribution is -2.33. The van der Waals surface area contributed by atoms with Gasteiger partial charge in [-0.05, 0) is 40.5 Å². The molecule has 2 amide bonds. The van der Waals surface area contributed by atoms with E-state index >= 15 is 0 Å². The van der Waals surface area contributed by atoms with Crippen LogP contribution in [-0.4, -0.2) is 11.8 Å². The van der Waals surface area contributed by atoms with E-state index in [4.69, 9.17) is 0 Å². The third-order valence-corrected chi connectivity index (χ3v) is 7.26. The van der Waals surface area contributed by atoms with E-state index < -0.39 is 35.4 Å². The maximum atomic E-state index is 13.6. The molecule has 3 aromatic carbocycles. The Hall–Kier alpha value is -3.93. The SMILES string of the molecule is O=C1[C@@H]2[C@@H](C(=O)N1c1cccc(C(F)(F)F)c1)[C@H]1C=C[C@@H]2C1=C(c1ccccc1)c1ccccc1. The van der Waals surface area contributed by atoms with E-state index in [0.717, 1.165) is 39.3 Å². The molecule has 1 heterocycles. The Morgan fingerprint density at radius 2 is 1.20 bits per heavy atom. The van der Waals surface area contributed by atoms with E-state index in [2.05, 4.69) is 0 Å². The van der Waals surface area contributed by atoms with Crippen molar-refractivity contribution < 1.29 is 22.8 Å². The fourth-order valence-electron chi connectivity index (χ4n) is 5.88. The molecule has 174 valence electrons. The molecule has 1 aliphatic heterocycles. The summed E-state index contributed by atoms with van der Waals surface area (Å²) in [6, 6.07) is 24.2. The molecule has 35 heavy (non-hydrogen) atoms. The quantitative estimate of drug-likeness (QED) is 0.341. The lowest BCUT2D eigenvalue weighted by Gasteiger charge is -2.22. The molecule has 4 atom stereocenters. The number of amides is 2. The summed E-state index contributed by atoms with van der Waals surface area (Å²) in [5, 5.41) is 0. The van der Waals surface area contributed by atoms with Gasteiger partial charge in [0.25, 0.3) is 0 Å². The second-order valence-electron chi connectivity index (χ2n) is 9.11. The molecular weight excluding hydrogens is 451 g/mol. The number of hydrogen-bond donors (Lipinski definition) is 0. The van der Waals surface area contributed by atoms with E-state index in [1.54, 1.807) is 0 Å². The number of imide groups is 1. The van der Waals surface area contributed by atoms with Gasteiger partial charge in [0.15, 0.2) is 0 Å². The van der Waals surface area contributed by atoms with Crippen molar-refractivity contribution in [3.63, 3.8) is 0 Å². The number of carbonyl (C=O) groups excluding carboxylic acids is 2. The van der Waals surface area contributed by atoms with Crippen LogP contribution in [0.5, 0.6) is 0 Å². The average molecular weight is 471 g/mol. The van der Waals surface area contributed by atoms with Crippen molar-refractivity contribution in [2.24, 2.45) is 23.7 Å². The first-order chi connectivity index (χ1) is 16.9. The third-order valence-electron chi connectivity index (χ3n) is 7.26. The van der Waals surface area contributed by atoms with Crippen molar-refractivity contribution >= 4 is 23.1 Å². The van der Waals surface area contributed by atoms with Crippen LogP contribution in [0.25, 0.3) is 5.57 Å². The molecule has 6 heteroatoms. The molecule has 0 spiro atoms. The summed E-state index contributed by atoms with van der Waals surface area (Å²) < 4.78 is 39.8. The monoisotopic (exact) mass is 471 g/mol. The Kier molecular flexibility index (Phi) is 4.81. The van der Waals surface area contributed by atoms with Gasteiger partial charge in [-0.1, -0.05) is 78.9 Å². The summed E-state index contributed by atoms with van der Waals surface area (Å²) in [7, 11) is 0. The number of anilines is 1. The minimum atomic E-state index is -4.56. The first kappa shape index (κ1) is 21.6. The summed E-state index contributed by atoms with van der Waals surface area (Å²) in [5.41, 5.74) is 3.13. The van der Waals surface area contributed by atoms with Gasteiger partial charge in [-0.15, -0.1) is 0 Å². The summed E-state index contributed by atoms with van der Waals surface area (Å²) in [6.07, 6.45) is -0.601. The molecule has 0 N–H and O–H groups in total. The van der Waals surface area contributed by atoms with Gasteiger partial charge in [-0.2, -0.15) is 13.2 Å². The molecule has 2 bridgehead atoms. The van der Waals surface area contributed by atoms with Gasteiger partial charge in [-0.25, -0.2) is 4.90 Å². The first-order valence-corrected chi connectivity index (χ1v) is 11.4. The van der Waals surface area contributed by atoms with Crippen LogP contribution in [0.3, 0.4) is 0 Å². The molecule has 2 fully saturated rings. The molecule has 0 unspecified atom stereocenters. The predicted molar refractivity (Wildman–Crippen MR) is 126 cm³/mol. The summed E-state index contributed by atoms with van der Waals surface area (Å²) in [6.45, 7) is 0. The van der Waals surface area contributed by atoms with Gasteiger partial charge in [0.1, 0.15) is 0 Å². The lowest BCUT2D eigenvalue weighted by atomic mass is 9.85. The Morgan fingerprint density at radius 1 is 0.686 bits per heavy atom. The van der Waals surface area contributed by atoms with Crippen molar-refractivity contribution in [1.29, 1.82) is 0 Å². The number of hydrogen-bond acceptors (Lipinski definition) is 2. The number of rotatable bonds is 3. The second-order valence-corrected chi connectivity index (χ2v) is 9.11. The van der Waals surface area contributed by atoms with Crippen LogP contribution in [0.1, 0.15) is 16.7 Å². The van der Waals surface area contributed by atoms with Crippen molar-refractivity contribution in [1.82, 2.24) is 0 Å². The lowest BCUT2D eigenvalue weighted by molar-refractivity contribution is -0.137. The number of allylic oxidation sites excluding steroid dienone is 3. The minimum Gasteiger partial charge on any atom is -0.274 e. The van der Waals surface area contributed by atoms with E-state index in [9.17, 15) is 22.8 Å². The van der Waals surface area contributed by atoms with Crippen molar-refractivity contribution in [3.05, 3.63) is 119 Å². The van der Waals surface area contributed by atoms with Crippen molar-refractivity contribution in [2.75, 3.05) is 4.90 Å². The van der Waals surface area contributed by atoms with E-state index in [0.29, 0.717) is 0 Å². The second kappa shape index (κ2) is 7.80. The number of halogens is 3. The smallest absolute Gasteiger partial charge is 0.274 e. The fourth-order valence-corrected chi connectivity index (χ4v) is 5.88. The largest absolute Gasteiger partial charge is 0.416 e. The normalized spacial score (nSPS) is 24.9. The maximum absolute atomic E-state index is 13.6. The van der Waals surface area contributed by atoms with Gasteiger partial charge in [0.2, 0.25) is 11.8 Å². The highest BCUT2D eigenvalue weighted by Crippen LogP contribution is 2.59. The Labute approximate surface area is 200 Å². The van der Waals surface area contributed by atoms with Crippen LogP contribution in [0.15, 0.2) is 103 Å². The zero-order chi connectivity index (χ0) is 24.3. The van der Waals surface area contributed by atoms with Crippen LogP contribution >= 0.6 is 0 Å². The topological polar surface area (TPSA) is 37.4 Å². The van der Waals surface area contributed by atoms with Gasteiger partial charge in [0, 0.05) is 11.8 Å². The number of carbonyl (C=O) groups is 2. The molecule has 0 radical (unpaired) electrons. The molecule has 1 saturated heterocycles. The summed E-state index contributed by atoms with van der Waals surface area (Å²) in [5.74, 6) is -2.68. The molecule has 3 aliphatic rings. The van der Waals surface area contributed by atoms with Crippen LogP contribution < -0.4 is 4.90 Å². The third kappa shape index (κ3) is 3.27. The fraction of sp³-hybridized carbons (Fsp3) is 0.172. The predicted octanol–water partition coefficient (Wildman–Crippen LogP) is 6.13. The van der Waals surface area contributed by atoms with E-state index in [1.165, 1.54) is 12.1 Å². The molecule has 6 rings (SSSR count). The van der Waals surface area contributed by atoms with E-state index in [1.807, 2.05) is 72.8 Å². The average Bonchev–Trinajstić information content (AvgIpc) is 3.49. The summed E-state index contributed by atoms with van der Waals surface area (Å²) in [4.78, 5) is 28.1. The zero-order valence-corrected chi connectivity index (χ0v) is 18.4. The molecule has 3 aromatic rings. The van der Waals surface area contributed by atoms with Crippen LogP contribution in [0.2, 0.25) is 0 Å². The number of alkyl halides is 3. The standard InChI is InChI=1S/C29H20F3NO2/c30-29(31,32)19-12-7-13-20(16-19)33-27(34)25-21-14-15-22(26(25)28(33)35)24(21)23(17-8-3-1-4-9-17)18-10-5-2-6-11-18/h1-16,21-22,25-26H/t21-,22+,25-,26-/m0/s1. The minimum absolute atomic E-state index is 0.0273.